The van der Waals surface area contributed by atoms with Crippen molar-refractivity contribution in [3.63, 3.8) is 0 Å². The van der Waals surface area contributed by atoms with E-state index in [9.17, 15) is 4.21 Å². The lowest BCUT2D eigenvalue weighted by atomic mass is 10.3. The summed E-state index contributed by atoms with van der Waals surface area (Å²) in [6, 6.07) is 3.71. The highest BCUT2D eigenvalue weighted by Gasteiger charge is 2.09. The Morgan fingerprint density at radius 3 is 2.90 bits per heavy atom. The Morgan fingerprint density at radius 2 is 2.15 bits per heavy atom. The Balaban J connectivity index is 2.01. The smallest absolute Gasteiger partial charge is 0.155 e. The molecule has 0 amide bonds. The topological polar surface area (TPSA) is 58.2 Å². The number of halogens is 2. The van der Waals surface area contributed by atoms with Crippen molar-refractivity contribution in [2.75, 3.05) is 5.75 Å². The molecule has 2 aromatic heterocycles. The highest BCUT2D eigenvalue weighted by molar-refractivity contribution is 7.84. The standard InChI is InChI=1S/C13H13Cl2N3OS/c14-10-6-12(15)13-17-11(8-18(13)7-10)9-20(19)5-3-1-2-4-16/h6-8H,1-3,5,9H2/t20-/m0/s1. The third-order valence-electron chi connectivity index (χ3n) is 2.74. The number of hydrogen-bond acceptors (Lipinski definition) is 3. The van der Waals surface area contributed by atoms with Crippen molar-refractivity contribution in [2.24, 2.45) is 0 Å². The van der Waals surface area contributed by atoms with Crippen LogP contribution in [0.4, 0.5) is 0 Å². The first-order chi connectivity index (χ1) is 9.60. The predicted molar refractivity (Wildman–Crippen MR) is 81.4 cm³/mol. The van der Waals surface area contributed by atoms with Gasteiger partial charge in [-0.25, -0.2) is 4.98 Å². The Kier molecular flexibility index (Phi) is 5.41. The fourth-order valence-corrected chi connectivity index (χ4v) is 3.52. The molecule has 0 radical (unpaired) electrons. The Hall–Kier alpha value is -1.09. The van der Waals surface area contributed by atoms with E-state index in [-0.39, 0.29) is 0 Å². The SMILES string of the molecule is N#CCCCC[S@](=O)Cc1cn2cc(Cl)cc(Cl)c2n1. The van der Waals surface area contributed by atoms with Crippen LogP contribution in [0.25, 0.3) is 5.65 Å². The van der Waals surface area contributed by atoms with Crippen LogP contribution in [-0.2, 0) is 16.6 Å². The van der Waals surface area contributed by atoms with Gasteiger partial charge in [0.2, 0.25) is 0 Å². The molecule has 2 rings (SSSR count). The molecular weight excluding hydrogens is 317 g/mol. The van der Waals surface area contributed by atoms with Gasteiger partial charge in [-0.2, -0.15) is 5.26 Å². The lowest BCUT2D eigenvalue weighted by molar-refractivity contribution is 0.677. The number of rotatable bonds is 6. The second-order valence-corrected chi connectivity index (χ2v) is 6.79. The summed E-state index contributed by atoms with van der Waals surface area (Å²) >= 11 is 12.0. The number of fused-ring (bicyclic) bond motifs is 1. The molecule has 106 valence electrons. The molecule has 0 saturated carbocycles. The van der Waals surface area contributed by atoms with Crippen LogP contribution in [0.1, 0.15) is 25.0 Å². The van der Waals surface area contributed by atoms with Crippen molar-refractivity contribution in [3.8, 4) is 6.07 Å². The van der Waals surface area contributed by atoms with E-state index >= 15 is 0 Å². The maximum absolute atomic E-state index is 11.9. The molecular formula is C13H13Cl2N3OS. The number of nitrogens with zero attached hydrogens (tertiary/aromatic N) is 3. The van der Waals surface area contributed by atoms with Crippen LogP contribution >= 0.6 is 23.2 Å². The predicted octanol–water partition coefficient (Wildman–Crippen LogP) is 3.58. The normalized spacial score (nSPS) is 12.4. The molecule has 0 saturated heterocycles. The Morgan fingerprint density at radius 1 is 1.35 bits per heavy atom. The number of hydrogen-bond donors (Lipinski definition) is 0. The highest BCUT2D eigenvalue weighted by Crippen LogP contribution is 2.22. The van der Waals surface area contributed by atoms with E-state index < -0.39 is 10.8 Å². The summed E-state index contributed by atoms with van der Waals surface area (Å²) in [5, 5.41) is 9.44. The van der Waals surface area contributed by atoms with Crippen LogP contribution in [0.3, 0.4) is 0 Å². The number of aromatic nitrogens is 2. The minimum atomic E-state index is -0.974. The number of unbranched alkanes of at least 4 members (excludes halogenated alkanes) is 2. The van der Waals surface area contributed by atoms with Crippen molar-refractivity contribution >= 4 is 39.6 Å². The first-order valence-corrected chi connectivity index (χ1v) is 8.39. The van der Waals surface area contributed by atoms with Crippen LogP contribution in [0.5, 0.6) is 0 Å². The minimum Gasteiger partial charge on any atom is -0.304 e. The van der Waals surface area contributed by atoms with E-state index in [0.717, 1.165) is 18.5 Å². The third-order valence-corrected chi connectivity index (χ3v) is 4.59. The number of nitriles is 1. The van der Waals surface area contributed by atoms with E-state index in [4.69, 9.17) is 28.5 Å². The van der Waals surface area contributed by atoms with Crippen LogP contribution in [0, 0.1) is 11.3 Å². The fraction of sp³-hybridized carbons (Fsp3) is 0.385. The van der Waals surface area contributed by atoms with Crippen LogP contribution in [0.15, 0.2) is 18.5 Å². The third kappa shape index (κ3) is 3.95. The van der Waals surface area contributed by atoms with E-state index in [1.165, 1.54) is 0 Å². The molecule has 1 atom stereocenters. The van der Waals surface area contributed by atoms with E-state index in [0.29, 0.717) is 33.6 Å². The van der Waals surface area contributed by atoms with Crippen LogP contribution in [0.2, 0.25) is 10.0 Å². The molecule has 0 fully saturated rings. The molecule has 0 aliphatic rings. The largest absolute Gasteiger partial charge is 0.304 e. The summed E-state index contributed by atoms with van der Waals surface area (Å²) in [6.07, 6.45) is 5.60. The molecule has 2 heterocycles. The van der Waals surface area contributed by atoms with Crippen LogP contribution in [-0.4, -0.2) is 19.3 Å². The van der Waals surface area contributed by atoms with Gasteiger partial charge in [-0.1, -0.05) is 23.2 Å². The van der Waals surface area contributed by atoms with E-state index in [2.05, 4.69) is 11.1 Å². The average molecular weight is 330 g/mol. The van der Waals surface area contributed by atoms with Crippen molar-refractivity contribution in [3.05, 3.63) is 34.2 Å². The first-order valence-electron chi connectivity index (χ1n) is 6.14. The molecule has 0 unspecified atom stereocenters. The van der Waals surface area contributed by atoms with Gasteiger partial charge in [-0.3, -0.25) is 4.21 Å². The van der Waals surface area contributed by atoms with Crippen molar-refractivity contribution < 1.29 is 4.21 Å². The number of imidazole rings is 1. The maximum Gasteiger partial charge on any atom is 0.155 e. The van der Waals surface area contributed by atoms with Gasteiger partial charge in [-0.05, 0) is 18.9 Å². The quantitative estimate of drug-likeness (QED) is 0.761. The van der Waals surface area contributed by atoms with E-state index in [1.807, 2.05) is 0 Å². The first kappa shape index (κ1) is 15.3. The summed E-state index contributed by atoms with van der Waals surface area (Å²) in [5.74, 6) is 0.978. The molecule has 0 N–H and O–H groups in total. The van der Waals surface area contributed by atoms with E-state index in [1.54, 1.807) is 22.9 Å². The molecule has 0 spiro atoms. The molecule has 0 aliphatic carbocycles. The molecule has 0 bridgehead atoms. The summed E-state index contributed by atoms with van der Waals surface area (Å²) in [4.78, 5) is 4.36. The summed E-state index contributed by atoms with van der Waals surface area (Å²) < 4.78 is 13.7. The summed E-state index contributed by atoms with van der Waals surface area (Å²) in [6.45, 7) is 0. The monoisotopic (exact) mass is 329 g/mol. The molecule has 0 aliphatic heterocycles. The Bertz CT molecular complexity index is 678. The summed E-state index contributed by atoms with van der Waals surface area (Å²) in [5.41, 5.74) is 1.35. The second-order valence-electron chi connectivity index (χ2n) is 4.37. The van der Waals surface area contributed by atoms with Gasteiger partial charge in [0.1, 0.15) is 0 Å². The van der Waals surface area contributed by atoms with Crippen molar-refractivity contribution in [1.29, 1.82) is 5.26 Å². The fourth-order valence-electron chi connectivity index (χ4n) is 1.85. The lowest BCUT2D eigenvalue weighted by Gasteiger charge is -1.98. The lowest BCUT2D eigenvalue weighted by Crippen LogP contribution is -2.01. The average Bonchev–Trinajstić information content (AvgIpc) is 2.77. The zero-order valence-electron chi connectivity index (χ0n) is 10.7. The van der Waals surface area contributed by atoms with Gasteiger partial charge >= 0.3 is 0 Å². The minimum absolute atomic E-state index is 0.391. The molecule has 2 aromatic rings. The number of pyridine rings is 1. The molecule has 4 nitrogen and oxygen atoms in total. The zero-order chi connectivity index (χ0) is 14.5. The van der Waals surface area contributed by atoms with Gasteiger partial charge in [0.15, 0.2) is 5.65 Å². The summed E-state index contributed by atoms with van der Waals surface area (Å²) in [7, 11) is -0.974. The molecule has 0 aromatic carbocycles. The van der Waals surface area contributed by atoms with Crippen molar-refractivity contribution in [2.45, 2.75) is 25.0 Å². The zero-order valence-corrected chi connectivity index (χ0v) is 13.0. The van der Waals surface area contributed by atoms with Crippen molar-refractivity contribution in [1.82, 2.24) is 9.38 Å². The molecule has 7 heteroatoms. The second kappa shape index (κ2) is 7.07. The van der Waals surface area contributed by atoms with Gasteiger partial charge < -0.3 is 4.40 Å². The Labute approximate surface area is 129 Å². The molecule has 20 heavy (non-hydrogen) atoms. The highest BCUT2D eigenvalue weighted by atomic mass is 35.5. The van der Waals surface area contributed by atoms with Gasteiger partial charge in [0.25, 0.3) is 0 Å². The van der Waals surface area contributed by atoms with Gasteiger partial charge in [0.05, 0.1) is 27.6 Å². The maximum atomic E-state index is 11.9. The van der Waals surface area contributed by atoms with Gasteiger partial charge in [0, 0.05) is 35.4 Å². The van der Waals surface area contributed by atoms with Crippen LogP contribution < -0.4 is 0 Å². The van der Waals surface area contributed by atoms with Gasteiger partial charge in [-0.15, -0.1) is 0 Å².